The largest absolute Gasteiger partial charge is 0.309 e. The number of aromatic nitrogens is 1. The van der Waals surface area contributed by atoms with Gasteiger partial charge in [0.25, 0.3) is 0 Å². The minimum atomic E-state index is -0.642. The third kappa shape index (κ3) is 5.05. The van der Waals surface area contributed by atoms with E-state index in [1.807, 2.05) is 0 Å². The average Bonchev–Trinajstić information content (AvgIpc) is 4.31. The lowest BCUT2D eigenvalue weighted by atomic mass is 9.69. The van der Waals surface area contributed by atoms with Crippen molar-refractivity contribution in [3.05, 3.63) is 303 Å². The van der Waals surface area contributed by atoms with Crippen LogP contribution in [0.15, 0.2) is 237 Å². The smallest absolute Gasteiger partial charge is 0.193 e. The van der Waals surface area contributed by atoms with Gasteiger partial charge >= 0.3 is 0 Å². The maximum atomic E-state index is 15.5. The molecule has 1 heterocycles. The van der Waals surface area contributed by atoms with Gasteiger partial charge in [0.15, 0.2) is 5.78 Å². The summed E-state index contributed by atoms with van der Waals surface area (Å²) in [7, 11) is 0. The van der Waals surface area contributed by atoms with Crippen LogP contribution in [-0.4, -0.2) is 10.4 Å². The van der Waals surface area contributed by atoms with Crippen LogP contribution in [0, 0.1) is 13.8 Å². The van der Waals surface area contributed by atoms with Crippen LogP contribution in [0.1, 0.15) is 71.6 Å². The van der Waals surface area contributed by atoms with Gasteiger partial charge in [0, 0.05) is 27.6 Å². The number of aryl methyl sites for hydroxylation is 2. The summed E-state index contributed by atoms with van der Waals surface area (Å²) in [5.74, 6) is 0.0251. The molecule has 340 valence electrons. The lowest BCUT2D eigenvalue weighted by Crippen LogP contribution is -2.26. The number of carbonyl (C=O) groups is 1. The summed E-state index contributed by atoms with van der Waals surface area (Å²) < 4.78 is 2.43. The van der Waals surface area contributed by atoms with Gasteiger partial charge in [-0.25, -0.2) is 0 Å². The highest BCUT2D eigenvalue weighted by Gasteiger charge is 2.53. The van der Waals surface area contributed by atoms with Gasteiger partial charge in [-0.2, -0.15) is 0 Å². The first-order valence-corrected chi connectivity index (χ1v) is 25.5. The zero-order valence-corrected chi connectivity index (χ0v) is 40.4. The van der Waals surface area contributed by atoms with E-state index in [2.05, 4.69) is 255 Å². The van der Waals surface area contributed by atoms with E-state index in [-0.39, 0.29) is 5.78 Å². The predicted molar refractivity (Wildman–Crippen MR) is 298 cm³/mol. The highest BCUT2D eigenvalue weighted by Crippen LogP contribution is 2.65. The monoisotopic (exact) mass is 927 g/mol. The van der Waals surface area contributed by atoms with Crippen LogP contribution < -0.4 is 0 Å². The Labute approximate surface area is 424 Å². The zero-order valence-electron chi connectivity index (χ0n) is 40.4. The molecule has 2 heteroatoms. The summed E-state index contributed by atoms with van der Waals surface area (Å²) in [6.45, 7) is 4.51. The van der Waals surface area contributed by atoms with Gasteiger partial charge in [0.05, 0.1) is 21.9 Å². The van der Waals surface area contributed by atoms with E-state index in [1.54, 1.807) is 0 Å². The second kappa shape index (κ2) is 14.5. The number of hydrogen-bond acceptors (Lipinski definition) is 1. The molecule has 0 fully saturated rings. The van der Waals surface area contributed by atoms with Crippen molar-refractivity contribution in [3.63, 3.8) is 0 Å². The molecule has 1 aromatic heterocycles. The van der Waals surface area contributed by atoms with E-state index < -0.39 is 10.8 Å². The van der Waals surface area contributed by atoms with Crippen LogP contribution in [0.3, 0.4) is 0 Å². The van der Waals surface area contributed by atoms with Gasteiger partial charge in [-0.05, 0) is 168 Å². The lowest BCUT2D eigenvalue weighted by Gasteiger charge is -2.31. The number of rotatable bonds is 4. The van der Waals surface area contributed by atoms with Crippen molar-refractivity contribution < 1.29 is 4.79 Å². The number of hydrogen-bond donors (Lipinski definition) is 0. The highest BCUT2D eigenvalue weighted by atomic mass is 16.1. The molecule has 2 spiro atoms. The zero-order chi connectivity index (χ0) is 48.3. The molecule has 0 amide bonds. The SMILES string of the molecule is Cc1cc(-n2c3ccccc3c3ccccc32)c(C)cc1-c1ccc2c(c1)C1(c3ccccc3-c3ccc(C(=O)c4ccc5c(c4)C4(c6ccccc6-c6ccccc64)c4ccccc4-5)cc31)c1ccccc1-2. The van der Waals surface area contributed by atoms with E-state index in [0.717, 1.165) is 5.56 Å². The summed E-state index contributed by atoms with van der Waals surface area (Å²) in [5.41, 5.74) is 28.3. The maximum Gasteiger partial charge on any atom is 0.193 e. The molecule has 0 saturated carbocycles. The van der Waals surface area contributed by atoms with Crippen LogP contribution in [0.4, 0.5) is 0 Å². The van der Waals surface area contributed by atoms with Gasteiger partial charge in [-0.3, -0.25) is 4.79 Å². The molecule has 11 aromatic carbocycles. The lowest BCUT2D eigenvalue weighted by molar-refractivity contribution is 0.103. The molecule has 73 heavy (non-hydrogen) atoms. The van der Waals surface area contributed by atoms with E-state index in [1.165, 1.54) is 133 Å². The van der Waals surface area contributed by atoms with Gasteiger partial charge in [0.1, 0.15) is 0 Å². The van der Waals surface area contributed by atoms with E-state index >= 15 is 4.79 Å². The van der Waals surface area contributed by atoms with Crippen molar-refractivity contribution in [2.75, 3.05) is 0 Å². The molecule has 12 aromatic rings. The Bertz CT molecular complexity index is 4320. The summed E-state index contributed by atoms with van der Waals surface area (Å²) in [5, 5.41) is 2.52. The molecular weight excluding hydrogens is 883 g/mol. The average molecular weight is 928 g/mol. The van der Waals surface area contributed by atoms with Crippen LogP contribution >= 0.6 is 0 Å². The Balaban J connectivity index is 0.865. The van der Waals surface area contributed by atoms with Crippen molar-refractivity contribution in [3.8, 4) is 61.3 Å². The molecule has 4 aliphatic rings. The molecule has 1 unspecified atom stereocenters. The topological polar surface area (TPSA) is 22.0 Å². The first-order valence-electron chi connectivity index (χ1n) is 25.5. The van der Waals surface area contributed by atoms with E-state index in [9.17, 15) is 0 Å². The number of carbonyl (C=O) groups excluding carboxylic acids is 1. The third-order valence-electron chi connectivity index (χ3n) is 17.3. The molecular formula is C71H45NO. The molecule has 0 bridgehead atoms. The second-order valence-corrected chi connectivity index (χ2v) is 20.7. The summed E-state index contributed by atoms with van der Waals surface area (Å²) in [4.78, 5) is 15.5. The minimum Gasteiger partial charge on any atom is -0.309 e. The Morgan fingerprint density at radius 2 is 0.671 bits per heavy atom. The Kier molecular flexibility index (Phi) is 8.07. The predicted octanol–water partition coefficient (Wildman–Crippen LogP) is 17.0. The van der Waals surface area contributed by atoms with Crippen molar-refractivity contribution in [1.82, 2.24) is 4.57 Å². The molecule has 0 radical (unpaired) electrons. The number of fused-ring (bicyclic) bond motifs is 23. The molecule has 0 aliphatic heterocycles. The number of para-hydroxylation sites is 2. The Morgan fingerprint density at radius 3 is 1.12 bits per heavy atom. The quantitative estimate of drug-likeness (QED) is 0.161. The normalized spacial score (nSPS) is 15.5. The summed E-state index contributed by atoms with van der Waals surface area (Å²) in [6.07, 6.45) is 0. The highest BCUT2D eigenvalue weighted by molar-refractivity contribution is 6.12. The standard InChI is InChI=1S/C71H45NO/c1-42-38-68(72-66-29-15-8-22-55(66)56-23-9-16-30-67(56)72)43(2)37-57(42)44-31-34-52-50-20-6-13-27-61(50)71(63(52)39-44)62-28-14-7-21-51(62)54-36-33-46(41-65(54)71)69(73)45-32-35-53-49-19-5-12-26-60(49)70(64(53)40-45)58-24-10-3-17-47(58)48-18-4-11-25-59(48)70/h3-41H,1-2H3. The molecule has 0 saturated heterocycles. The van der Waals surface area contributed by atoms with Crippen molar-refractivity contribution >= 4 is 27.6 Å². The fourth-order valence-corrected chi connectivity index (χ4v) is 14.4. The van der Waals surface area contributed by atoms with Crippen LogP contribution in [0.2, 0.25) is 0 Å². The summed E-state index contributed by atoms with van der Waals surface area (Å²) >= 11 is 0. The Hall–Kier alpha value is -9.11. The number of ketones is 1. The molecule has 2 nitrogen and oxygen atoms in total. The number of benzene rings is 11. The Morgan fingerprint density at radius 1 is 0.315 bits per heavy atom. The van der Waals surface area contributed by atoms with E-state index in [4.69, 9.17) is 0 Å². The van der Waals surface area contributed by atoms with Gasteiger partial charge < -0.3 is 4.57 Å². The molecule has 4 aliphatic carbocycles. The third-order valence-corrected chi connectivity index (χ3v) is 17.3. The number of nitrogens with zero attached hydrogens (tertiary/aromatic N) is 1. The van der Waals surface area contributed by atoms with Gasteiger partial charge in [-0.1, -0.05) is 194 Å². The molecule has 1 atom stereocenters. The van der Waals surface area contributed by atoms with Crippen molar-refractivity contribution in [2.24, 2.45) is 0 Å². The minimum absolute atomic E-state index is 0.0251. The fourth-order valence-electron chi connectivity index (χ4n) is 14.4. The van der Waals surface area contributed by atoms with E-state index in [0.29, 0.717) is 11.1 Å². The van der Waals surface area contributed by atoms with Crippen LogP contribution in [-0.2, 0) is 10.8 Å². The first-order chi connectivity index (χ1) is 36.0. The van der Waals surface area contributed by atoms with Gasteiger partial charge in [0.2, 0.25) is 0 Å². The first kappa shape index (κ1) is 40.6. The van der Waals surface area contributed by atoms with Crippen molar-refractivity contribution in [2.45, 2.75) is 24.7 Å². The maximum absolute atomic E-state index is 15.5. The molecule has 16 rings (SSSR count). The van der Waals surface area contributed by atoms with Gasteiger partial charge in [-0.15, -0.1) is 0 Å². The van der Waals surface area contributed by atoms with Crippen molar-refractivity contribution in [1.29, 1.82) is 0 Å². The fraction of sp³-hybridized carbons (Fsp3) is 0.0563. The van der Waals surface area contributed by atoms with Crippen LogP contribution in [0.25, 0.3) is 83.1 Å². The van der Waals surface area contributed by atoms with Crippen LogP contribution in [0.5, 0.6) is 0 Å². The summed E-state index contributed by atoms with van der Waals surface area (Å²) in [6, 6.07) is 86.8. The second-order valence-electron chi connectivity index (χ2n) is 20.7. The molecule has 0 N–H and O–H groups in total.